The smallest absolute Gasteiger partial charge is 0.335 e. The molecule has 3 rings (SSSR count). The summed E-state index contributed by atoms with van der Waals surface area (Å²) >= 11 is 0. The Labute approximate surface area is 109 Å². The molecule has 0 fully saturated rings. The quantitative estimate of drug-likeness (QED) is 0.835. The van der Waals surface area contributed by atoms with E-state index in [1.54, 1.807) is 12.2 Å². The highest BCUT2D eigenvalue weighted by atomic mass is 16.4. The lowest BCUT2D eigenvalue weighted by atomic mass is 9.79. The standard InChI is InChI=1S/C15H10O4/c16-13-9-3-1-2-4-10(9)14(17)12-7-8(15(18)19)5-6-11(12)13/h3-7H,1-2H2,(H,18,19). The molecule has 94 valence electrons. The van der Waals surface area contributed by atoms with Gasteiger partial charge in [-0.25, -0.2) is 4.79 Å². The lowest BCUT2D eigenvalue weighted by Crippen LogP contribution is -2.24. The average molecular weight is 254 g/mol. The van der Waals surface area contributed by atoms with Gasteiger partial charge in [0.25, 0.3) is 0 Å². The number of ketones is 2. The highest BCUT2D eigenvalue weighted by Gasteiger charge is 2.33. The maximum absolute atomic E-state index is 12.3. The molecule has 2 aliphatic rings. The predicted octanol–water partition coefficient (Wildman–Crippen LogP) is 2.41. The highest BCUT2D eigenvalue weighted by Crippen LogP contribution is 2.33. The normalized spacial score (nSPS) is 17.3. The van der Waals surface area contributed by atoms with Crippen molar-refractivity contribution < 1.29 is 19.5 Å². The Morgan fingerprint density at radius 1 is 0.947 bits per heavy atom. The summed E-state index contributed by atoms with van der Waals surface area (Å²) in [6.07, 6.45) is 5.02. The summed E-state index contributed by atoms with van der Waals surface area (Å²) in [6.45, 7) is 0. The molecule has 0 aliphatic heterocycles. The van der Waals surface area contributed by atoms with Crippen LogP contribution < -0.4 is 0 Å². The first-order chi connectivity index (χ1) is 9.09. The first-order valence-electron chi connectivity index (χ1n) is 5.97. The summed E-state index contributed by atoms with van der Waals surface area (Å²) in [4.78, 5) is 35.5. The van der Waals surface area contributed by atoms with Gasteiger partial charge in [-0.05, 0) is 31.0 Å². The maximum atomic E-state index is 12.3. The molecule has 1 aromatic rings. The Morgan fingerprint density at radius 2 is 1.53 bits per heavy atom. The first kappa shape index (κ1) is 11.6. The zero-order valence-corrected chi connectivity index (χ0v) is 9.97. The summed E-state index contributed by atoms with van der Waals surface area (Å²) < 4.78 is 0. The Balaban J connectivity index is 2.24. The number of carbonyl (C=O) groups excluding carboxylic acids is 2. The van der Waals surface area contributed by atoms with E-state index in [4.69, 9.17) is 5.11 Å². The van der Waals surface area contributed by atoms with Gasteiger partial charge in [-0.1, -0.05) is 12.2 Å². The topological polar surface area (TPSA) is 71.4 Å². The molecule has 1 N–H and O–H groups in total. The third-order valence-corrected chi connectivity index (χ3v) is 3.40. The van der Waals surface area contributed by atoms with E-state index >= 15 is 0 Å². The summed E-state index contributed by atoms with van der Waals surface area (Å²) in [5.41, 5.74) is 1.36. The van der Waals surface area contributed by atoms with E-state index in [-0.39, 0.29) is 22.7 Å². The molecule has 4 heteroatoms. The number of carboxylic acid groups (broad SMARTS) is 1. The number of benzene rings is 1. The summed E-state index contributed by atoms with van der Waals surface area (Å²) in [5.74, 6) is -1.57. The van der Waals surface area contributed by atoms with Gasteiger partial charge >= 0.3 is 5.97 Å². The van der Waals surface area contributed by atoms with Gasteiger partial charge in [-0.15, -0.1) is 0 Å². The van der Waals surface area contributed by atoms with Crippen LogP contribution in [0.1, 0.15) is 43.9 Å². The number of allylic oxidation sites excluding steroid dienone is 4. The molecule has 19 heavy (non-hydrogen) atoms. The van der Waals surface area contributed by atoms with Gasteiger partial charge in [0.05, 0.1) is 5.56 Å². The zero-order valence-electron chi connectivity index (χ0n) is 9.97. The molecule has 0 aromatic heterocycles. The molecule has 0 radical (unpaired) electrons. The summed E-state index contributed by atoms with van der Waals surface area (Å²) in [5, 5.41) is 8.95. The van der Waals surface area contributed by atoms with Crippen molar-refractivity contribution in [2.75, 3.05) is 0 Å². The molecule has 1 aromatic carbocycles. The van der Waals surface area contributed by atoms with E-state index in [0.717, 1.165) is 12.8 Å². The number of carboxylic acids is 1. The van der Waals surface area contributed by atoms with Crippen LogP contribution in [0.5, 0.6) is 0 Å². The Kier molecular flexibility index (Phi) is 2.45. The largest absolute Gasteiger partial charge is 0.478 e. The fraction of sp³-hybridized carbons (Fsp3) is 0.133. The van der Waals surface area contributed by atoms with Crippen molar-refractivity contribution in [3.05, 3.63) is 58.2 Å². The van der Waals surface area contributed by atoms with E-state index in [1.165, 1.54) is 18.2 Å². The van der Waals surface area contributed by atoms with Crippen molar-refractivity contribution in [2.24, 2.45) is 0 Å². The van der Waals surface area contributed by atoms with Crippen molar-refractivity contribution >= 4 is 17.5 Å². The van der Waals surface area contributed by atoms with E-state index in [1.807, 2.05) is 0 Å². The molecule has 0 saturated heterocycles. The van der Waals surface area contributed by atoms with Gasteiger partial charge in [0.1, 0.15) is 0 Å². The molecule has 0 heterocycles. The zero-order chi connectivity index (χ0) is 13.6. The number of aromatic carboxylic acids is 1. The van der Waals surface area contributed by atoms with Crippen molar-refractivity contribution in [1.29, 1.82) is 0 Å². The fourth-order valence-electron chi connectivity index (χ4n) is 2.46. The maximum Gasteiger partial charge on any atom is 0.335 e. The Morgan fingerprint density at radius 3 is 2.11 bits per heavy atom. The minimum atomic E-state index is -1.11. The minimum Gasteiger partial charge on any atom is -0.478 e. The van der Waals surface area contributed by atoms with E-state index < -0.39 is 5.97 Å². The van der Waals surface area contributed by atoms with Gasteiger partial charge in [-0.3, -0.25) is 9.59 Å². The van der Waals surface area contributed by atoms with Crippen LogP contribution in [0.25, 0.3) is 0 Å². The Bertz CT molecular complexity index is 692. The third-order valence-electron chi connectivity index (χ3n) is 3.40. The first-order valence-corrected chi connectivity index (χ1v) is 5.97. The van der Waals surface area contributed by atoms with Gasteiger partial charge in [0.15, 0.2) is 11.6 Å². The van der Waals surface area contributed by atoms with Crippen LogP contribution in [0.15, 0.2) is 41.5 Å². The Hall–Kier alpha value is -2.49. The fourth-order valence-corrected chi connectivity index (χ4v) is 2.46. The number of rotatable bonds is 1. The lowest BCUT2D eigenvalue weighted by molar-refractivity contribution is 0.0696. The second kappa shape index (κ2) is 4.02. The van der Waals surface area contributed by atoms with Crippen LogP contribution in [-0.4, -0.2) is 22.6 Å². The van der Waals surface area contributed by atoms with Crippen molar-refractivity contribution in [3.8, 4) is 0 Å². The molecule has 4 nitrogen and oxygen atoms in total. The average Bonchev–Trinajstić information content (AvgIpc) is 2.44. The lowest BCUT2D eigenvalue weighted by Gasteiger charge is -2.22. The van der Waals surface area contributed by atoms with E-state index in [9.17, 15) is 14.4 Å². The second-order valence-corrected chi connectivity index (χ2v) is 4.54. The second-order valence-electron chi connectivity index (χ2n) is 4.54. The molecule has 0 atom stereocenters. The minimum absolute atomic E-state index is 0.0174. The van der Waals surface area contributed by atoms with Gasteiger partial charge in [0.2, 0.25) is 0 Å². The number of hydrogen-bond acceptors (Lipinski definition) is 3. The number of fused-ring (bicyclic) bond motifs is 2. The molecule has 0 saturated carbocycles. The molecule has 0 spiro atoms. The molecule has 2 aliphatic carbocycles. The van der Waals surface area contributed by atoms with Gasteiger partial charge in [-0.2, -0.15) is 0 Å². The molecular formula is C15H10O4. The van der Waals surface area contributed by atoms with E-state index in [0.29, 0.717) is 16.7 Å². The SMILES string of the molecule is O=C(O)c1ccc2c(c1)C(=O)C1=CCCC=C1C2=O. The van der Waals surface area contributed by atoms with Gasteiger partial charge in [0, 0.05) is 22.3 Å². The third kappa shape index (κ3) is 1.64. The van der Waals surface area contributed by atoms with Gasteiger partial charge < -0.3 is 5.11 Å². The van der Waals surface area contributed by atoms with Crippen LogP contribution in [0.2, 0.25) is 0 Å². The number of Topliss-reactive ketones (excluding diaryl/α,β-unsaturated/α-hetero) is 2. The van der Waals surface area contributed by atoms with Crippen molar-refractivity contribution in [2.45, 2.75) is 12.8 Å². The molecule has 0 unspecified atom stereocenters. The van der Waals surface area contributed by atoms with Crippen LogP contribution in [-0.2, 0) is 0 Å². The molecule has 0 bridgehead atoms. The van der Waals surface area contributed by atoms with Crippen molar-refractivity contribution in [1.82, 2.24) is 0 Å². The molecular weight excluding hydrogens is 244 g/mol. The van der Waals surface area contributed by atoms with Crippen molar-refractivity contribution in [3.63, 3.8) is 0 Å². The van der Waals surface area contributed by atoms with E-state index in [2.05, 4.69) is 0 Å². The number of carbonyl (C=O) groups is 3. The van der Waals surface area contributed by atoms with Crippen LogP contribution in [0.3, 0.4) is 0 Å². The van der Waals surface area contributed by atoms with Crippen LogP contribution in [0.4, 0.5) is 0 Å². The monoisotopic (exact) mass is 254 g/mol. The predicted molar refractivity (Wildman–Crippen MR) is 67.5 cm³/mol. The van der Waals surface area contributed by atoms with Crippen LogP contribution in [0, 0.1) is 0 Å². The molecule has 0 amide bonds. The number of hydrogen-bond donors (Lipinski definition) is 1. The highest BCUT2D eigenvalue weighted by molar-refractivity contribution is 6.31. The summed E-state index contributed by atoms with van der Waals surface area (Å²) in [6, 6.07) is 4.06. The van der Waals surface area contributed by atoms with Crippen LogP contribution >= 0.6 is 0 Å². The summed E-state index contributed by atoms with van der Waals surface area (Å²) in [7, 11) is 0.